The predicted molar refractivity (Wildman–Crippen MR) is 58.7 cm³/mol. The maximum absolute atomic E-state index is 11.4. The third kappa shape index (κ3) is 3.68. The van der Waals surface area contributed by atoms with E-state index in [2.05, 4.69) is 4.74 Å². The Morgan fingerprint density at radius 3 is 2.75 bits per heavy atom. The molecule has 0 aliphatic heterocycles. The molecule has 0 amide bonds. The van der Waals surface area contributed by atoms with Crippen molar-refractivity contribution in [3.8, 4) is 0 Å². The first-order valence-electron chi connectivity index (χ1n) is 5.58. The van der Waals surface area contributed by atoms with E-state index in [-0.39, 0.29) is 17.9 Å². The zero-order chi connectivity index (χ0) is 12.0. The van der Waals surface area contributed by atoms with Crippen molar-refractivity contribution in [1.29, 1.82) is 0 Å². The lowest BCUT2D eigenvalue weighted by molar-refractivity contribution is -0.148. The van der Waals surface area contributed by atoms with Gasteiger partial charge >= 0.3 is 11.9 Å². The number of carbonyl (C=O) groups is 2. The van der Waals surface area contributed by atoms with E-state index in [1.807, 2.05) is 6.08 Å². The van der Waals surface area contributed by atoms with Gasteiger partial charge in [-0.15, -0.1) is 0 Å². The highest BCUT2D eigenvalue weighted by Crippen LogP contribution is 2.26. The van der Waals surface area contributed by atoms with Crippen molar-refractivity contribution in [2.75, 3.05) is 13.7 Å². The minimum Gasteiger partial charge on any atom is -0.469 e. The van der Waals surface area contributed by atoms with Crippen LogP contribution in [0.2, 0.25) is 0 Å². The van der Waals surface area contributed by atoms with Gasteiger partial charge in [0.05, 0.1) is 26.1 Å². The molecular formula is C12H18O4. The highest BCUT2D eigenvalue weighted by atomic mass is 16.5. The lowest BCUT2D eigenvalue weighted by atomic mass is 9.88. The molecule has 0 fully saturated rings. The summed E-state index contributed by atoms with van der Waals surface area (Å²) in [6, 6.07) is 0. The number of rotatable bonds is 4. The highest BCUT2D eigenvalue weighted by molar-refractivity contribution is 5.74. The smallest absolute Gasteiger partial charge is 0.309 e. The zero-order valence-electron chi connectivity index (χ0n) is 9.82. The molecule has 1 atom stereocenters. The van der Waals surface area contributed by atoms with Crippen molar-refractivity contribution < 1.29 is 19.1 Å². The first kappa shape index (κ1) is 12.7. The monoisotopic (exact) mass is 226 g/mol. The first-order chi connectivity index (χ1) is 7.67. The van der Waals surface area contributed by atoms with E-state index >= 15 is 0 Å². The maximum atomic E-state index is 11.4. The molecule has 90 valence electrons. The van der Waals surface area contributed by atoms with Gasteiger partial charge in [0.25, 0.3) is 0 Å². The summed E-state index contributed by atoms with van der Waals surface area (Å²) in [5, 5.41) is 0. The van der Waals surface area contributed by atoms with Gasteiger partial charge in [-0.1, -0.05) is 11.6 Å². The molecule has 0 aromatic carbocycles. The first-order valence-corrected chi connectivity index (χ1v) is 5.58. The second-order valence-corrected chi connectivity index (χ2v) is 3.84. The fourth-order valence-electron chi connectivity index (χ4n) is 1.78. The Bertz CT molecular complexity index is 293. The standard InChI is InChI=1S/C12H18O4/c1-3-16-12(14)10-6-4-9(5-7-10)8-11(13)15-2/h4,10H,3,5-8H2,1-2H3/t10-/m1/s1. The van der Waals surface area contributed by atoms with Gasteiger partial charge in [0.2, 0.25) is 0 Å². The van der Waals surface area contributed by atoms with Crippen LogP contribution in [0.25, 0.3) is 0 Å². The number of methoxy groups -OCH3 is 1. The van der Waals surface area contributed by atoms with Gasteiger partial charge < -0.3 is 9.47 Å². The Kier molecular flexibility index (Phi) is 5.02. The van der Waals surface area contributed by atoms with E-state index < -0.39 is 0 Å². The van der Waals surface area contributed by atoms with Crippen LogP contribution in [0.3, 0.4) is 0 Å². The minimum absolute atomic E-state index is 0.0404. The number of allylic oxidation sites excluding steroid dienone is 1. The number of hydrogen-bond acceptors (Lipinski definition) is 4. The molecule has 0 bridgehead atoms. The fraction of sp³-hybridized carbons (Fsp3) is 0.667. The summed E-state index contributed by atoms with van der Waals surface area (Å²) in [4.78, 5) is 22.5. The Labute approximate surface area is 95.6 Å². The molecule has 4 nitrogen and oxygen atoms in total. The lowest BCUT2D eigenvalue weighted by Crippen LogP contribution is -2.20. The average molecular weight is 226 g/mol. The predicted octanol–water partition coefficient (Wildman–Crippen LogP) is 1.84. The molecule has 0 N–H and O–H groups in total. The van der Waals surface area contributed by atoms with E-state index in [1.54, 1.807) is 6.92 Å². The molecule has 0 aromatic heterocycles. The van der Waals surface area contributed by atoms with Crippen LogP contribution in [0.4, 0.5) is 0 Å². The Balaban J connectivity index is 2.42. The van der Waals surface area contributed by atoms with Crippen molar-refractivity contribution in [2.24, 2.45) is 5.92 Å². The van der Waals surface area contributed by atoms with Gasteiger partial charge in [-0.25, -0.2) is 0 Å². The molecule has 0 heterocycles. The van der Waals surface area contributed by atoms with E-state index in [9.17, 15) is 9.59 Å². The molecule has 0 spiro atoms. The van der Waals surface area contributed by atoms with Gasteiger partial charge in [-0.2, -0.15) is 0 Å². The molecule has 0 unspecified atom stereocenters. The Hall–Kier alpha value is -1.32. The van der Waals surface area contributed by atoms with Gasteiger partial charge in [-0.3, -0.25) is 9.59 Å². The SMILES string of the molecule is CCOC(=O)[C@@H]1CC=C(CC(=O)OC)CC1. The maximum Gasteiger partial charge on any atom is 0.309 e. The van der Waals surface area contributed by atoms with Gasteiger partial charge in [0.15, 0.2) is 0 Å². The summed E-state index contributed by atoms with van der Waals surface area (Å²) in [6.45, 7) is 2.23. The van der Waals surface area contributed by atoms with Crippen LogP contribution in [0.1, 0.15) is 32.6 Å². The average Bonchev–Trinajstić information content (AvgIpc) is 2.30. The van der Waals surface area contributed by atoms with Crippen LogP contribution in [0, 0.1) is 5.92 Å². The van der Waals surface area contributed by atoms with Gasteiger partial charge in [-0.05, 0) is 26.2 Å². The summed E-state index contributed by atoms with van der Waals surface area (Å²) in [7, 11) is 1.38. The van der Waals surface area contributed by atoms with Crippen LogP contribution >= 0.6 is 0 Å². The van der Waals surface area contributed by atoms with Crippen LogP contribution in [0.5, 0.6) is 0 Å². The molecule has 1 rings (SSSR count). The van der Waals surface area contributed by atoms with Crippen molar-refractivity contribution in [3.63, 3.8) is 0 Å². The van der Waals surface area contributed by atoms with E-state index in [1.165, 1.54) is 7.11 Å². The summed E-state index contributed by atoms with van der Waals surface area (Å²) in [6.07, 6.45) is 4.51. The molecule has 16 heavy (non-hydrogen) atoms. The Morgan fingerprint density at radius 1 is 1.50 bits per heavy atom. The summed E-state index contributed by atoms with van der Waals surface area (Å²) < 4.78 is 9.55. The van der Waals surface area contributed by atoms with Crippen molar-refractivity contribution in [3.05, 3.63) is 11.6 Å². The number of carbonyl (C=O) groups excluding carboxylic acids is 2. The second-order valence-electron chi connectivity index (χ2n) is 3.84. The van der Waals surface area contributed by atoms with E-state index in [0.717, 1.165) is 18.4 Å². The molecular weight excluding hydrogens is 208 g/mol. The van der Waals surface area contributed by atoms with E-state index in [4.69, 9.17) is 4.74 Å². The number of hydrogen-bond donors (Lipinski definition) is 0. The molecule has 1 aliphatic carbocycles. The lowest BCUT2D eigenvalue weighted by Gasteiger charge is -2.19. The van der Waals surface area contributed by atoms with E-state index in [0.29, 0.717) is 19.4 Å². The Morgan fingerprint density at radius 2 is 2.25 bits per heavy atom. The highest BCUT2D eigenvalue weighted by Gasteiger charge is 2.23. The molecule has 4 heteroatoms. The van der Waals surface area contributed by atoms with Crippen molar-refractivity contribution in [1.82, 2.24) is 0 Å². The van der Waals surface area contributed by atoms with Gasteiger partial charge in [0.1, 0.15) is 0 Å². The normalized spacial score (nSPS) is 19.9. The number of esters is 2. The summed E-state index contributed by atoms with van der Waals surface area (Å²) >= 11 is 0. The second kappa shape index (κ2) is 6.30. The molecule has 0 aromatic rings. The zero-order valence-corrected chi connectivity index (χ0v) is 9.82. The summed E-state index contributed by atoms with van der Waals surface area (Å²) in [5.74, 6) is -0.391. The molecule has 1 aliphatic rings. The quantitative estimate of drug-likeness (QED) is 0.542. The van der Waals surface area contributed by atoms with Crippen molar-refractivity contribution in [2.45, 2.75) is 32.6 Å². The van der Waals surface area contributed by atoms with Crippen LogP contribution in [0.15, 0.2) is 11.6 Å². The third-order valence-corrected chi connectivity index (χ3v) is 2.72. The fourth-order valence-corrected chi connectivity index (χ4v) is 1.78. The largest absolute Gasteiger partial charge is 0.469 e. The van der Waals surface area contributed by atoms with Crippen molar-refractivity contribution >= 4 is 11.9 Å². The van der Waals surface area contributed by atoms with Crippen LogP contribution < -0.4 is 0 Å². The number of ether oxygens (including phenoxy) is 2. The van der Waals surface area contributed by atoms with Crippen LogP contribution in [-0.4, -0.2) is 25.7 Å². The minimum atomic E-state index is -0.221. The molecule has 0 saturated heterocycles. The van der Waals surface area contributed by atoms with Crippen LogP contribution in [-0.2, 0) is 19.1 Å². The third-order valence-electron chi connectivity index (χ3n) is 2.72. The molecule has 0 radical (unpaired) electrons. The van der Waals surface area contributed by atoms with Gasteiger partial charge in [0, 0.05) is 0 Å². The molecule has 0 saturated carbocycles. The summed E-state index contributed by atoms with van der Waals surface area (Å²) in [5.41, 5.74) is 1.06. The topological polar surface area (TPSA) is 52.6 Å².